The van der Waals surface area contributed by atoms with E-state index in [2.05, 4.69) is 11.2 Å². The Hall–Kier alpha value is -2.18. The van der Waals surface area contributed by atoms with Crippen molar-refractivity contribution in [3.05, 3.63) is 54.0 Å². The summed E-state index contributed by atoms with van der Waals surface area (Å²) in [7, 11) is 0. The summed E-state index contributed by atoms with van der Waals surface area (Å²) in [5, 5.41) is 3.37. The lowest BCUT2D eigenvalue weighted by Crippen LogP contribution is -2.17. The summed E-state index contributed by atoms with van der Waals surface area (Å²) < 4.78 is 10.8. The van der Waals surface area contributed by atoms with E-state index in [-0.39, 0.29) is 0 Å². The fourth-order valence-electron chi connectivity index (χ4n) is 1.80. The number of terminal acetylenes is 1. The van der Waals surface area contributed by atoms with Crippen molar-refractivity contribution in [2.24, 2.45) is 0 Å². The summed E-state index contributed by atoms with van der Waals surface area (Å²) in [6.45, 7) is 1.90. The molecule has 2 rings (SSSR count). The van der Waals surface area contributed by atoms with Crippen molar-refractivity contribution in [3.8, 4) is 18.1 Å². The molecule has 2 aromatic rings. The Bertz CT molecular complexity index is 526. The van der Waals surface area contributed by atoms with Gasteiger partial charge in [0.2, 0.25) is 0 Å². The van der Waals surface area contributed by atoms with Gasteiger partial charge in [-0.2, -0.15) is 0 Å². The van der Waals surface area contributed by atoms with Crippen LogP contribution in [0.3, 0.4) is 0 Å². The molecule has 1 heterocycles. The predicted octanol–water partition coefficient (Wildman–Crippen LogP) is 2.62. The number of hydrogen-bond donors (Lipinski definition) is 1. The zero-order valence-electron chi connectivity index (χ0n) is 10.8. The zero-order chi connectivity index (χ0) is 13.3. The van der Waals surface area contributed by atoms with Crippen LogP contribution in [0, 0.1) is 12.3 Å². The highest BCUT2D eigenvalue weighted by Crippen LogP contribution is 2.17. The lowest BCUT2D eigenvalue weighted by molar-refractivity contribution is 0.364. The van der Waals surface area contributed by atoms with Crippen LogP contribution in [0.25, 0.3) is 0 Å². The first-order chi connectivity index (χ1) is 9.40. The number of benzene rings is 1. The zero-order valence-corrected chi connectivity index (χ0v) is 10.8. The van der Waals surface area contributed by atoms with Crippen molar-refractivity contribution in [1.29, 1.82) is 0 Å². The van der Waals surface area contributed by atoms with Crippen molar-refractivity contribution in [2.45, 2.75) is 13.0 Å². The minimum absolute atomic E-state index is 0.295. The van der Waals surface area contributed by atoms with Gasteiger partial charge in [0.1, 0.15) is 18.1 Å². The van der Waals surface area contributed by atoms with Crippen LogP contribution in [0.1, 0.15) is 11.3 Å². The molecule has 0 spiro atoms. The second kappa shape index (κ2) is 7.30. The van der Waals surface area contributed by atoms with E-state index in [0.29, 0.717) is 6.61 Å². The number of ether oxygens (including phenoxy) is 1. The van der Waals surface area contributed by atoms with Gasteiger partial charge in [0.15, 0.2) is 0 Å². The predicted molar refractivity (Wildman–Crippen MR) is 74.9 cm³/mol. The van der Waals surface area contributed by atoms with Gasteiger partial charge in [-0.15, -0.1) is 6.42 Å². The first-order valence-electron chi connectivity index (χ1n) is 6.27. The number of hydrogen-bond acceptors (Lipinski definition) is 3. The highest BCUT2D eigenvalue weighted by Gasteiger charge is 2.02. The first-order valence-corrected chi connectivity index (χ1v) is 6.27. The molecule has 3 heteroatoms. The Labute approximate surface area is 113 Å². The molecule has 0 fully saturated rings. The Morgan fingerprint density at radius 1 is 1.21 bits per heavy atom. The molecule has 0 unspecified atom stereocenters. The summed E-state index contributed by atoms with van der Waals surface area (Å²) in [6, 6.07) is 11.8. The van der Waals surface area contributed by atoms with Gasteiger partial charge in [0.05, 0.1) is 6.26 Å². The lowest BCUT2D eigenvalue weighted by Gasteiger charge is -2.10. The fraction of sp³-hybridized carbons (Fsp3) is 0.250. The molecule has 1 aromatic heterocycles. The Morgan fingerprint density at radius 2 is 2.11 bits per heavy atom. The summed E-state index contributed by atoms with van der Waals surface area (Å²) in [5.41, 5.74) is 1.11. The van der Waals surface area contributed by atoms with Gasteiger partial charge in [-0.1, -0.05) is 24.1 Å². The maximum absolute atomic E-state index is 5.49. The molecule has 0 aliphatic rings. The molecule has 1 N–H and O–H groups in total. The smallest absolute Gasteiger partial charge is 0.148 e. The normalized spacial score (nSPS) is 10.1. The van der Waals surface area contributed by atoms with E-state index in [1.165, 1.54) is 0 Å². The van der Waals surface area contributed by atoms with Gasteiger partial charge in [-0.25, -0.2) is 0 Å². The van der Waals surface area contributed by atoms with E-state index in [1.807, 2.05) is 36.4 Å². The first kappa shape index (κ1) is 13.3. The van der Waals surface area contributed by atoms with E-state index >= 15 is 0 Å². The third kappa shape index (κ3) is 4.20. The second-order valence-electron chi connectivity index (χ2n) is 4.11. The molecule has 0 aliphatic heterocycles. The van der Waals surface area contributed by atoms with Crippen LogP contribution >= 0.6 is 0 Å². The van der Waals surface area contributed by atoms with Crippen LogP contribution in [0.5, 0.6) is 5.75 Å². The number of nitrogens with one attached hydrogen (secondary N) is 1. The van der Waals surface area contributed by atoms with Crippen LogP contribution in [-0.2, 0) is 13.0 Å². The molecule has 0 saturated carbocycles. The molecule has 0 saturated heterocycles. The minimum Gasteiger partial charge on any atom is -0.481 e. The number of furan rings is 1. The van der Waals surface area contributed by atoms with E-state index in [4.69, 9.17) is 15.6 Å². The van der Waals surface area contributed by atoms with Crippen LogP contribution in [0.15, 0.2) is 47.1 Å². The van der Waals surface area contributed by atoms with E-state index in [1.54, 1.807) is 6.26 Å². The maximum atomic E-state index is 5.49. The lowest BCUT2D eigenvalue weighted by atomic mass is 10.2. The number of para-hydroxylation sites is 1. The molecular weight excluding hydrogens is 238 g/mol. The van der Waals surface area contributed by atoms with Gasteiger partial charge >= 0.3 is 0 Å². The monoisotopic (exact) mass is 255 g/mol. The second-order valence-corrected chi connectivity index (χ2v) is 4.11. The SMILES string of the molecule is C#CCOc1ccccc1CNCCc1ccco1. The van der Waals surface area contributed by atoms with Crippen molar-refractivity contribution >= 4 is 0 Å². The molecule has 3 nitrogen and oxygen atoms in total. The molecule has 19 heavy (non-hydrogen) atoms. The average Bonchev–Trinajstić information content (AvgIpc) is 2.95. The summed E-state index contributed by atoms with van der Waals surface area (Å²) in [4.78, 5) is 0. The minimum atomic E-state index is 0.295. The topological polar surface area (TPSA) is 34.4 Å². The van der Waals surface area contributed by atoms with Crippen LogP contribution in [-0.4, -0.2) is 13.2 Å². The quantitative estimate of drug-likeness (QED) is 0.610. The molecular formula is C16H17NO2. The van der Waals surface area contributed by atoms with Gasteiger partial charge in [0, 0.05) is 25.1 Å². The molecule has 0 bridgehead atoms. The van der Waals surface area contributed by atoms with Crippen molar-refractivity contribution in [2.75, 3.05) is 13.2 Å². The average molecular weight is 255 g/mol. The Balaban J connectivity index is 1.80. The molecule has 0 atom stereocenters. The summed E-state index contributed by atoms with van der Waals surface area (Å²) >= 11 is 0. The molecule has 0 amide bonds. The number of rotatable bonds is 7. The van der Waals surface area contributed by atoms with Crippen molar-refractivity contribution < 1.29 is 9.15 Å². The van der Waals surface area contributed by atoms with E-state index < -0.39 is 0 Å². The molecule has 0 aliphatic carbocycles. The maximum Gasteiger partial charge on any atom is 0.148 e. The highest BCUT2D eigenvalue weighted by molar-refractivity contribution is 5.33. The summed E-state index contributed by atoms with van der Waals surface area (Å²) in [5.74, 6) is 4.30. The van der Waals surface area contributed by atoms with Crippen molar-refractivity contribution in [3.63, 3.8) is 0 Å². The Morgan fingerprint density at radius 3 is 2.89 bits per heavy atom. The third-order valence-electron chi connectivity index (χ3n) is 2.73. The van der Waals surface area contributed by atoms with Gasteiger partial charge in [-0.3, -0.25) is 0 Å². The van der Waals surface area contributed by atoms with Crippen LogP contribution in [0.2, 0.25) is 0 Å². The summed E-state index contributed by atoms with van der Waals surface area (Å²) in [6.07, 6.45) is 7.77. The van der Waals surface area contributed by atoms with Gasteiger partial charge in [0.25, 0.3) is 0 Å². The Kier molecular flexibility index (Phi) is 5.09. The fourth-order valence-corrected chi connectivity index (χ4v) is 1.80. The molecule has 98 valence electrons. The van der Waals surface area contributed by atoms with Crippen LogP contribution < -0.4 is 10.1 Å². The van der Waals surface area contributed by atoms with E-state index in [0.717, 1.165) is 36.6 Å². The molecule has 0 radical (unpaired) electrons. The van der Waals surface area contributed by atoms with E-state index in [9.17, 15) is 0 Å². The standard InChI is InChI=1S/C16H17NO2/c1-2-11-19-16-8-4-3-6-14(16)13-17-10-9-15-7-5-12-18-15/h1,3-8,12,17H,9-11,13H2. The molecule has 1 aromatic carbocycles. The third-order valence-corrected chi connectivity index (χ3v) is 2.73. The largest absolute Gasteiger partial charge is 0.481 e. The highest BCUT2D eigenvalue weighted by atomic mass is 16.5. The van der Waals surface area contributed by atoms with Crippen molar-refractivity contribution in [1.82, 2.24) is 5.32 Å². The van der Waals surface area contributed by atoms with Crippen LogP contribution in [0.4, 0.5) is 0 Å². The van der Waals surface area contributed by atoms with Gasteiger partial charge < -0.3 is 14.5 Å². The van der Waals surface area contributed by atoms with Gasteiger partial charge in [-0.05, 0) is 18.2 Å².